The number of nitrogens with one attached hydrogen (secondary N) is 1. The summed E-state index contributed by atoms with van der Waals surface area (Å²) in [6.45, 7) is 4.30. The van der Waals surface area contributed by atoms with Gasteiger partial charge in [0.1, 0.15) is 29.0 Å². The number of carboxylic acid groups (broad SMARTS) is 1. The molecular formula is C29H27FN2O6. The van der Waals surface area contributed by atoms with E-state index in [1.54, 1.807) is 42.5 Å². The number of carbonyl (C=O) groups is 2. The highest BCUT2D eigenvalue weighted by atomic mass is 19.1. The summed E-state index contributed by atoms with van der Waals surface area (Å²) in [5, 5.41) is 12.4. The number of morpholine rings is 1. The predicted octanol–water partition coefficient (Wildman–Crippen LogP) is 5.27. The molecule has 4 aromatic rings. The summed E-state index contributed by atoms with van der Waals surface area (Å²) in [4.78, 5) is 26.4. The Labute approximate surface area is 218 Å². The standard InChI is InChI=1S/C29H27FN2O6/c1-17(18-3-5-20(6-4-18)29(34)35)37-25-15-22-24(16-23(25)32-11-13-36-14-12-32)38-27(26(22)28(33)31-2)19-7-9-21(30)10-8-19/h3-10,15-17H,11-14H2,1-2H3,(H,31,33)(H,34,35). The second kappa shape index (κ2) is 10.5. The van der Waals surface area contributed by atoms with Crippen molar-refractivity contribution >= 4 is 28.5 Å². The van der Waals surface area contributed by atoms with Crippen LogP contribution >= 0.6 is 0 Å². The molecule has 196 valence electrons. The Morgan fingerprint density at radius 3 is 2.37 bits per heavy atom. The van der Waals surface area contributed by atoms with E-state index < -0.39 is 12.1 Å². The smallest absolute Gasteiger partial charge is 0.335 e. The molecule has 1 aromatic heterocycles. The number of carbonyl (C=O) groups excluding carboxylic acids is 1. The maximum atomic E-state index is 13.6. The van der Waals surface area contributed by atoms with Gasteiger partial charge in [0.2, 0.25) is 0 Å². The van der Waals surface area contributed by atoms with Gasteiger partial charge in [-0.15, -0.1) is 0 Å². The van der Waals surface area contributed by atoms with Crippen LogP contribution in [0.25, 0.3) is 22.3 Å². The van der Waals surface area contributed by atoms with E-state index in [4.69, 9.17) is 13.9 Å². The van der Waals surface area contributed by atoms with Crippen LogP contribution in [0.15, 0.2) is 65.1 Å². The SMILES string of the molecule is CNC(=O)c1c(-c2ccc(F)cc2)oc2cc(N3CCOCC3)c(OC(C)c3ccc(C(=O)O)cc3)cc12. The second-order valence-corrected chi connectivity index (χ2v) is 8.99. The third-order valence-electron chi connectivity index (χ3n) is 6.61. The number of anilines is 1. The van der Waals surface area contributed by atoms with Crippen molar-refractivity contribution in [1.29, 1.82) is 0 Å². The average Bonchev–Trinajstić information content (AvgIpc) is 3.31. The molecule has 9 heteroatoms. The van der Waals surface area contributed by atoms with Crippen LogP contribution in [0.1, 0.15) is 39.3 Å². The fourth-order valence-electron chi connectivity index (χ4n) is 4.57. The Kier molecular flexibility index (Phi) is 7.02. The topological polar surface area (TPSA) is 101 Å². The maximum absolute atomic E-state index is 13.6. The van der Waals surface area contributed by atoms with Crippen LogP contribution in [-0.4, -0.2) is 50.3 Å². The van der Waals surface area contributed by atoms with Gasteiger partial charge in [0.25, 0.3) is 5.91 Å². The van der Waals surface area contributed by atoms with Crippen LogP contribution < -0.4 is 15.0 Å². The van der Waals surface area contributed by atoms with E-state index >= 15 is 0 Å². The van der Waals surface area contributed by atoms with Crippen molar-refractivity contribution in [2.45, 2.75) is 13.0 Å². The van der Waals surface area contributed by atoms with Crippen LogP contribution in [0.4, 0.5) is 10.1 Å². The zero-order chi connectivity index (χ0) is 26.8. The van der Waals surface area contributed by atoms with Gasteiger partial charge >= 0.3 is 5.97 Å². The Morgan fingerprint density at radius 1 is 1.05 bits per heavy atom. The van der Waals surface area contributed by atoms with Gasteiger partial charge < -0.3 is 29.2 Å². The van der Waals surface area contributed by atoms with E-state index in [-0.39, 0.29) is 17.3 Å². The number of carboxylic acids is 1. The first kappa shape index (κ1) is 25.3. The summed E-state index contributed by atoms with van der Waals surface area (Å²) in [6, 6.07) is 16.0. The quantitative estimate of drug-likeness (QED) is 0.344. The van der Waals surface area contributed by atoms with Gasteiger partial charge in [-0.2, -0.15) is 0 Å². The number of hydrogen-bond donors (Lipinski definition) is 2. The molecule has 2 heterocycles. The molecule has 1 saturated heterocycles. The van der Waals surface area contributed by atoms with Crippen molar-refractivity contribution in [3.63, 3.8) is 0 Å². The maximum Gasteiger partial charge on any atom is 0.335 e. The summed E-state index contributed by atoms with van der Waals surface area (Å²) in [6.07, 6.45) is -0.415. The number of nitrogens with zero attached hydrogens (tertiary/aromatic N) is 1. The molecule has 1 atom stereocenters. The summed E-state index contributed by atoms with van der Waals surface area (Å²) >= 11 is 0. The zero-order valence-electron chi connectivity index (χ0n) is 21.0. The third-order valence-corrected chi connectivity index (χ3v) is 6.61. The largest absolute Gasteiger partial charge is 0.484 e. The molecule has 0 radical (unpaired) electrons. The number of hydrogen-bond acceptors (Lipinski definition) is 6. The monoisotopic (exact) mass is 518 g/mol. The number of fused-ring (bicyclic) bond motifs is 1. The average molecular weight is 519 g/mol. The number of rotatable bonds is 7. The highest BCUT2D eigenvalue weighted by Crippen LogP contribution is 2.42. The Bertz CT molecular complexity index is 1470. The molecule has 1 fully saturated rings. The normalized spacial score (nSPS) is 14.3. The van der Waals surface area contributed by atoms with Gasteiger partial charge in [-0.25, -0.2) is 9.18 Å². The molecule has 1 unspecified atom stereocenters. The number of ether oxygens (including phenoxy) is 2. The van der Waals surface area contributed by atoms with Crippen molar-refractivity contribution in [1.82, 2.24) is 5.32 Å². The number of benzene rings is 3. The van der Waals surface area contributed by atoms with E-state index in [2.05, 4.69) is 10.2 Å². The lowest BCUT2D eigenvalue weighted by Crippen LogP contribution is -2.36. The van der Waals surface area contributed by atoms with Crippen LogP contribution in [-0.2, 0) is 4.74 Å². The molecule has 0 bridgehead atoms. The van der Waals surface area contributed by atoms with E-state index in [1.807, 2.05) is 13.0 Å². The van der Waals surface area contributed by atoms with Crippen molar-refractivity contribution < 1.29 is 33.0 Å². The first-order chi connectivity index (χ1) is 18.4. The fraction of sp³-hybridized carbons (Fsp3) is 0.241. The first-order valence-corrected chi connectivity index (χ1v) is 12.3. The molecule has 0 aliphatic carbocycles. The van der Waals surface area contributed by atoms with Crippen LogP contribution in [0.3, 0.4) is 0 Å². The fourth-order valence-corrected chi connectivity index (χ4v) is 4.57. The lowest BCUT2D eigenvalue weighted by Gasteiger charge is -2.31. The summed E-state index contributed by atoms with van der Waals surface area (Å²) in [5.41, 5.74) is 3.18. The second-order valence-electron chi connectivity index (χ2n) is 8.99. The van der Waals surface area contributed by atoms with Crippen molar-refractivity contribution in [2.24, 2.45) is 0 Å². The minimum absolute atomic E-state index is 0.193. The summed E-state index contributed by atoms with van der Waals surface area (Å²) < 4.78 is 31.8. The molecule has 1 aliphatic heterocycles. The van der Waals surface area contributed by atoms with E-state index in [1.165, 1.54) is 19.2 Å². The number of amides is 1. The molecule has 8 nitrogen and oxygen atoms in total. The minimum atomic E-state index is -0.996. The van der Waals surface area contributed by atoms with Crippen molar-refractivity contribution in [3.05, 3.63) is 83.2 Å². The van der Waals surface area contributed by atoms with Gasteiger partial charge in [-0.05, 0) is 55.0 Å². The Hall–Kier alpha value is -4.37. The number of halogens is 1. The lowest BCUT2D eigenvalue weighted by molar-refractivity contribution is 0.0696. The molecule has 1 aliphatic rings. The molecule has 3 aromatic carbocycles. The molecule has 38 heavy (non-hydrogen) atoms. The molecule has 1 amide bonds. The molecule has 0 spiro atoms. The van der Waals surface area contributed by atoms with Gasteiger partial charge in [-0.1, -0.05) is 12.1 Å². The van der Waals surface area contributed by atoms with Crippen LogP contribution in [0, 0.1) is 5.82 Å². The molecule has 0 saturated carbocycles. The minimum Gasteiger partial charge on any atom is -0.484 e. The predicted molar refractivity (Wildman–Crippen MR) is 140 cm³/mol. The van der Waals surface area contributed by atoms with Gasteiger partial charge in [0, 0.05) is 37.2 Å². The van der Waals surface area contributed by atoms with Gasteiger partial charge in [0.15, 0.2) is 0 Å². The summed E-state index contributed by atoms with van der Waals surface area (Å²) in [5.74, 6) is -0.844. The lowest BCUT2D eigenvalue weighted by atomic mass is 10.0. The van der Waals surface area contributed by atoms with E-state index in [0.29, 0.717) is 59.9 Å². The van der Waals surface area contributed by atoms with Gasteiger partial charge in [-0.3, -0.25) is 4.79 Å². The van der Waals surface area contributed by atoms with Gasteiger partial charge in [0.05, 0.1) is 30.0 Å². The van der Waals surface area contributed by atoms with E-state index in [0.717, 1.165) is 11.3 Å². The highest BCUT2D eigenvalue weighted by Gasteiger charge is 2.26. The van der Waals surface area contributed by atoms with Crippen molar-refractivity contribution in [3.8, 4) is 17.1 Å². The third kappa shape index (κ3) is 4.92. The molecular weight excluding hydrogens is 491 g/mol. The molecule has 5 rings (SSSR count). The van der Waals surface area contributed by atoms with Crippen LogP contribution in [0.2, 0.25) is 0 Å². The van der Waals surface area contributed by atoms with Crippen molar-refractivity contribution in [2.75, 3.05) is 38.3 Å². The molecule has 2 N–H and O–H groups in total. The Morgan fingerprint density at radius 2 is 1.74 bits per heavy atom. The van der Waals surface area contributed by atoms with E-state index in [9.17, 15) is 19.1 Å². The van der Waals surface area contributed by atoms with Crippen LogP contribution in [0.5, 0.6) is 5.75 Å². The Balaban J connectivity index is 1.62. The number of furan rings is 1. The highest BCUT2D eigenvalue weighted by molar-refractivity contribution is 6.12. The first-order valence-electron chi connectivity index (χ1n) is 12.3. The zero-order valence-corrected chi connectivity index (χ0v) is 21.0. The summed E-state index contributed by atoms with van der Waals surface area (Å²) in [7, 11) is 1.54. The number of aromatic carboxylic acids is 1.